The second-order valence-corrected chi connectivity index (χ2v) is 5.82. The zero-order valence-electron chi connectivity index (χ0n) is 10.4. The summed E-state index contributed by atoms with van der Waals surface area (Å²) in [6, 6.07) is 8.70. The summed E-state index contributed by atoms with van der Waals surface area (Å²) >= 11 is 3.52. The molecule has 1 aromatic carbocycles. The van der Waals surface area contributed by atoms with Gasteiger partial charge >= 0.3 is 7.05 Å². The van der Waals surface area contributed by atoms with Gasteiger partial charge < -0.3 is 14.4 Å². The van der Waals surface area contributed by atoms with Gasteiger partial charge in [-0.15, -0.1) is 0 Å². The second-order valence-electron chi connectivity index (χ2n) is 4.91. The van der Waals surface area contributed by atoms with Gasteiger partial charge in [0, 0.05) is 34.2 Å². The molecule has 1 aliphatic heterocycles. The van der Waals surface area contributed by atoms with E-state index in [1.807, 2.05) is 6.82 Å². The molecule has 0 fully saturated rings. The van der Waals surface area contributed by atoms with Crippen LogP contribution in [0.3, 0.4) is 0 Å². The average molecular weight is 307 g/mol. The molecule has 0 spiro atoms. The molecule has 1 aliphatic rings. The van der Waals surface area contributed by atoms with Gasteiger partial charge in [-0.05, 0) is 44.1 Å². The molecule has 0 atom stereocenters. The van der Waals surface area contributed by atoms with Crippen molar-refractivity contribution < 1.29 is 5.02 Å². The van der Waals surface area contributed by atoms with Gasteiger partial charge in [-0.2, -0.15) is 0 Å². The minimum atomic E-state index is -0.352. The van der Waals surface area contributed by atoms with Crippen molar-refractivity contribution in [2.45, 2.75) is 19.8 Å². The first-order chi connectivity index (χ1) is 8.65. The highest BCUT2D eigenvalue weighted by Crippen LogP contribution is 2.25. The Morgan fingerprint density at radius 1 is 1.22 bits per heavy atom. The molecule has 18 heavy (non-hydrogen) atoms. The topological polar surface area (TPSA) is 28.4 Å². The predicted octanol–water partition coefficient (Wildman–Crippen LogP) is 2.37. The lowest BCUT2D eigenvalue weighted by atomic mass is 9.85. The van der Waals surface area contributed by atoms with Crippen molar-refractivity contribution in [3.05, 3.63) is 34.4 Å². The summed E-state index contributed by atoms with van der Waals surface area (Å²) in [5.74, 6) is 0. The van der Waals surface area contributed by atoms with Crippen molar-refractivity contribution in [2.75, 3.05) is 13.1 Å². The lowest BCUT2D eigenvalue weighted by Gasteiger charge is -2.19. The molecule has 0 saturated heterocycles. The van der Waals surface area contributed by atoms with Crippen LogP contribution in [0.5, 0.6) is 0 Å². The van der Waals surface area contributed by atoms with E-state index in [0.717, 1.165) is 30.5 Å². The smallest absolute Gasteiger partial charge is 0.376 e. The average Bonchev–Trinajstić information content (AvgIpc) is 2.53. The van der Waals surface area contributed by atoms with Crippen LogP contribution in [0.15, 0.2) is 28.7 Å². The molecule has 3 nitrogen and oxygen atoms in total. The fourth-order valence-corrected chi connectivity index (χ4v) is 3.12. The van der Waals surface area contributed by atoms with Crippen LogP contribution in [-0.4, -0.2) is 34.5 Å². The quantitative estimate of drug-likeness (QED) is 0.819. The van der Waals surface area contributed by atoms with E-state index in [1.54, 1.807) is 0 Å². The Hall–Kier alpha value is -0.775. The van der Waals surface area contributed by atoms with Crippen molar-refractivity contribution >= 4 is 33.9 Å². The monoisotopic (exact) mass is 306 g/mol. The molecule has 2 heterocycles. The Morgan fingerprint density at radius 3 is 2.83 bits per heavy atom. The maximum absolute atomic E-state index is 9.68. The Bertz CT molecular complexity index is 582. The molecule has 0 saturated carbocycles. The summed E-state index contributed by atoms with van der Waals surface area (Å²) < 4.78 is 3.51. The molecular weight excluding hydrogens is 291 g/mol. The number of aromatic nitrogens is 1. The molecule has 1 aromatic heterocycles. The molecule has 1 N–H and O–H groups in total. The van der Waals surface area contributed by atoms with Crippen molar-refractivity contribution in [1.29, 1.82) is 0 Å². The summed E-state index contributed by atoms with van der Waals surface area (Å²) in [7, 11) is -0.352. The number of halogens is 1. The Kier molecular flexibility index (Phi) is 3.22. The first kappa shape index (κ1) is 12.3. The van der Waals surface area contributed by atoms with Gasteiger partial charge in [-0.1, -0.05) is 15.9 Å². The van der Waals surface area contributed by atoms with Crippen molar-refractivity contribution in [3.63, 3.8) is 0 Å². The summed E-state index contributed by atoms with van der Waals surface area (Å²) in [5.41, 5.74) is 2.66. The number of benzene rings is 1. The van der Waals surface area contributed by atoms with Gasteiger partial charge in [-0.3, -0.25) is 0 Å². The van der Waals surface area contributed by atoms with E-state index in [0.29, 0.717) is 0 Å². The highest BCUT2D eigenvalue weighted by Gasteiger charge is 2.21. The van der Waals surface area contributed by atoms with Gasteiger partial charge in [0.2, 0.25) is 0 Å². The highest BCUT2D eigenvalue weighted by atomic mass is 79.9. The summed E-state index contributed by atoms with van der Waals surface area (Å²) in [4.78, 5) is 2.12. The number of hydrogen-bond donors (Lipinski definition) is 1. The van der Waals surface area contributed by atoms with Gasteiger partial charge in [0.25, 0.3) is 0 Å². The maximum atomic E-state index is 9.68. The van der Waals surface area contributed by atoms with Gasteiger partial charge in [0.05, 0.1) is 0 Å². The van der Waals surface area contributed by atoms with Crippen LogP contribution in [0.1, 0.15) is 5.69 Å². The molecule has 0 amide bonds. The molecule has 0 bridgehead atoms. The third-order valence-electron chi connectivity index (χ3n) is 3.74. The van der Waals surface area contributed by atoms with Crippen LogP contribution in [0.4, 0.5) is 0 Å². The molecule has 3 rings (SSSR count). The second kappa shape index (κ2) is 4.72. The molecule has 0 aliphatic carbocycles. The number of fused-ring (bicyclic) bond motifs is 3. The van der Waals surface area contributed by atoms with E-state index in [9.17, 15) is 5.02 Å². The van der Waals surface area contributed by atoms with Crippen LogP contribution in [-0.2, 0) is 13.0 Å². The normalized spacial score (nSPS) is 16.6. The Labute approximate surface area is 116 Å². The van der Waals surface area contributed by atoms with Crippen molar-refractivity contribution in [3.8, 4) is 0 Å². The fraction of sp³-hybridized carbons (Fsp3) is 0.385. The maximum Gasteiger partial charge on any atom is 0.376 e. The van der Waals surface area contributed by atoms with E-state index in [2.05, 4.69) is 49.6 Å². The highest BCUT2D eigenvalue weighted by molar-refractivity contribution is 9.10. The molecule has 0 radical (unpaired) electrons. The van der Waals surface area contributed by atoms with E-state index in [4.69, 9.17) is 0 Å². The third-order valence-corrected chi connectivity index (χ3v) is 4.24. The SMILES string of the molecule is CB(O)N1CCc2cc3cc(Br)ccc3n2CC1. The lowest BCUT2D eigenvalue weighted by molar-refractivity contribution is 0.371. The van der Waals surface area contributed by atoms with Gasteiger partial charge in [0.15, 0.2) is 0 Å². The zero-order chi connectivity index (χ0) is 12.7. The third kappa shape index (κ3) is 2.11. The van der Waals surface area contributed by atoms with Gasteiger partial charge in [0.1, 0.15) is 0 Å². The van der Waals surface area contributed by atoms with Crippen LogP contribution in [0, 0.1) is 0 Å². The van der Waals surface area contributed by atoms with Gasteiger partial charge in [-0.25, -0.2) is 0 Å². The summed E-state index contributed by atoms with van der Waals surface area (Å²) in [6.07, 6.45) is 0.997. The minimum Gasteiger partial charge on any atom is -0.437 e. The number of hydrogen-bond acceptors (Lipinski definition) is 2. The van der Waals surface area contributed by atoms with E-state index in [1.165, 1.54) is 16.6 Å². The largest absolute Gasteiger partial charge is 0.437 e. The summed E-state index contributed by atoms with van der Waals surface area (Å²) in [6.45, 7) is 4.63. The first-order valence-corrected chi connectivity index (χ1v) is 7.14. The molecule has 2 aromatic rings. The number of nitrogens with zero attached hydrogens (tertiary/aromatic N) is 2. The molecule has 94 valence electrons. The van der Waals surface area contributed by atoms with Crippen LogP contribution in [0.2, 0.25) is 6.82 Å². The lowest BCUT2D eigenvalue weighted by Crippen LogP contribution is -2.39. The first-order valence-electron chi connectivity index (χ1n) is 6.35. The van der Waals surface area contributed by atoms with E-state index in [-0.39, 0.29) is 7.05 Å². The number of rotatable bonds is 1. The van der Waals surface area contributed by atoms with Crippen LogP contribution in [0.25, 0.3) is 10.9 Å². The van der Waals surface area contributed by atoms with Crippen LogP contribution >= 0.6 is 15.9 Å². The standard InChI is InChI=1S/C13H16BBrN2O/c1-14(18)16-5-4-12-9-10-8-11(15)2-3-13(10)17(12)7-6-16/h2-3,8-9,18H,4-7H2,1H3. The predicted molar refractivity (Wildman–Crippen MR) is 78.8 cm³/mol. The zero-order valence-corrected chi connectivity index (χ0v) is 12.0. The van der Waals surface area contributed by atoms with E-state index < -0.39 is 0 Å². The fourth-order valence-electron chi connectivity index (χ4n) is 2.74. The van der Waals surface area contributed by atoms with Crippen molar-refractivity contribution in [2.24, 2.45) is 0 Å². The molecule has 0 unspecified atom stereocenters. The van der Waals surface area contributed by atoms with E-state index >= 15 is 0 Å². The molecule has 5 heteroatoms. The van der Waals surface area contributed by atoms with Crippen LogP contribution < -0.4 is 0 Å². The van der Waals surface area contributed by atoms with Crippen molar-refractivity contribution in [1.82, 2.24) is 9.38 Å². The Balaban J connectivity index is 1.99. The summed E-state index contributed by atoms with van der Waals surface area (Å²) in [5, 5.41) is 11.0. The minimum absolute atomic E-state index is 0.352. The Morgan fingerprint density at radius 2 is 2.06 bits per heavy atom. The molecular formula is C13H16BBrN2O.